The number of ether oxygens (including phenoxy) is 1. The van der Waals surface area contributed by atoms with E-state index in [1.807, 2.05) is 38.1 Å². The topological polar surface area (TPSA) is 59.6 Å². The molecule has 0 fully saturated rings. The van der Waals surface area contributed by atoms with Gasteiger partial charge in [0.15, 0.2) is 5.96 Å². The van der Waals surface area contributed by atoms with Gasteiger partial charge in [-0.05, 0) is 61.9 Å². The molecule has 1 atom stereocenters. The highest BCUT2D eigenvalue weighted by Gasteiger charge is 2.04. The number of rotatable bonds is 7. The molecule has 0 saturated carbocycles. The summed E-state index contributed by atoms with van der Waals surface area (Å²) in [6.45, 7) is 6.92. The van der Waals surface area contributed by atoms with Gasteiger partial charge in [0.1, 0.15) is 5.75 Å². The highest BCUT2D eigenvalue weighted by molar-refractivity contribution is 7.09. The zero-order valence-corrected chi connectivity index (χ0v) is 14.8. The van der Waals surface area contributed by atoms with Crippen molar-refractivity contribution in [2.75, 3.05) is 11.9 Å². The number of nitrogens with zero attached hydrogens (tertiary/aromatic N) is 1. The fourth-order valence-electron chi connectivity index (χ4n) is 2.17. The van der Waals surface area contributed by atoms with Crippen LogP contribution in [0.4, 0.5) is 5.69 Å². The van der Waals surface area contributed by atoms with Crippen LogP contribution in [0, 0.1) is 5.92 Å². The molecule has 0 aliphatic rings. The summed E-state index contributed by atoms with van der Waals surface area (Å²) in [7, 11) is 0. The van der Waals surface area contributed by atoms with Gasteiger partial charge in [-0.3, -0.25) is 4.99 Å². The van der Waals surface area contributed by atoms with Crippen molar-refractivity contribution in [3.8, 4) is 5.75 Å². The number of guanidine groups is 1. The van der Waals surface area contributed by atoms with Gasteiger partial charge in [-0.2, -0.15) is 0 Å². The molecule has 1 heterocycles. The van der Waals surface area contributed by atoms with Crippen LogP contribution in [0.2, 0.25) is 0 Å². The smallest absolute Gasteiger partial charge is 0.193 e. The van der Waals surface area contributed by atoms with Crippen molar-refractivity contribution in [3.63, 3.8) is 0 Å². The van der Waals surface area contributed by atoms with Gasteiger partial charge < -0.3 is 15.8 Å². The van der Waals surface area contributed by atoms with Crippen molar-refractivity contribution >= 4 is 23.0 Å². The van der Waals surface area contributed by atoms with Crippen LogP contribution in [0.25, 0.3) is 0 Å². The maximum absolute atomic E-state index is 5.96. The zero-order chi connectivity index (χ0) is 16.7. The van der Waals surface area contributed by atoms with Crippen LogP contribution >= 0.6 is 11.3 Å². The third-order valence-corrected chi connectivity index (χ3v) is 4.10. The first kappa shape index (κ1) is 17.3. The molecule has 23 heavy (non-hydrogen) atoms. The number of hydrogen-bond acceptors (Lipinski definition) is 3. The fraction of sp³-hybridized carbons (Fsp3) is 0.389. The number of benzene rings is 1. The van der Waals surface area contributed by atoms with Crippen molar-refractivity contribution in [2.24, 2.45) is 16.6 Å². The Hall–Kier alpha value is -2.01. The third kappa shape index (κ3) is 6.32. The summed E-state index contributed by atoms with van der Waals surface area (Å²) < 4.78 is 5.61. The standard InChI is InChI=1S/C18H25N3OS/c1-13(2)22-16-8-6-15(7-9-16)21-18(19)20-12-14(3)11-17-5-4-10-23-17/h4-10,13-14H,11-12H2,1-3H3,(H3,19,20,21). The predicted octanol–water partition coefficient (Wildman–Crippen LogP) is 4.14. The number of anilines is 1. The van der Waals surface area contributed by atoms with E-state index in [1.165, 1.54) is 4.88 Å². The Morgan fingerprint density at radius 2 is 1.96 bits per heavy atom. The molecule has 1 unspecified atom stereocenters. The molecular formula is C18H25N3OS. The third-order valence-electron chi connectivity index (χ3n) is 3.20. The van der Waals surface area contributed by atoms with Gasteiger partial charge in [-0.15, -0.1) is 11.3 Å². The lowest BCUT2D eigenvalue weighted by Crippen LogP contribution is -2.23. The van der Waals surface area contributed by atoms with E-state index in [-0.39, 0.29) is 6.10 Å². The lowest BCUT2D eigenvalue weighted by molar-refractivity contribution is 0.242. The summed E-state index contributed by atoms with van der Waals surface area (Å²) in [6.07, 6.45) is 1.21. The largest absolute Gasteiger partial charge is 0.491 e. The summed E-state index contributed by atoms with van der Waals surface area (Å²) in [4.78, 5) is 5.82. The van der Waals surface area contributed by atoms with E-state index in [0.717, 1.165) is 17.9 Å². The van der Waals surface area contributed by atoms with Crippen LogP contribution in [0.15, 0.2) is 46.8 Å². The molecule has 0 spiro atoms. The Morgan fingerprint density at radius 3 is 2.57 bits per heavy atom. The molecule has 4 nitrogen and oxygen atoms in total. The van der Waals surface area contributed by atoms with Gasteiger partial charge >= 0.3 is 0 Å². The van der Waals surface area contributed by atoms with Gasteiger partial charge in [0.05, 0.1) is 6.10 Å². The van der Waals surface area contributed by atoms with Gasteiger partial charge in [0.2, 0.25) is 0 Å². The molecule has 124 valence electrons. The second kappa shape index (κ2) is 8.58. The molecule has 0 aliphatic heterocycles. The Balaban J connectivity index is 1.81. The molecule has 0 radical (unpaired) electrons. The van der Waals surface area contributed by atoms with E-state index in [4.69, 9.17) is 10.5 Å². The number of nitrogens with one attached hydrogen (secondary N) is 1. The van der Waals surface area contributed by atoms with Gasteiger partial charge in [-0.25, -0.2) is 0 Å². The second-order valence-corrected chi connectivity index (χ2v) is 6.96. The van der Waals surface area contributed by atoms with E-state index in [9.17, 15) is 0 Å². The van der Waals surface area contributed by atoms with Crippen LogP contribution in [-0.2, 0) is 6.42 Å². The first-order chi connectivity index (χ1) is 11.0. The average molecular weight is 331 g/mol. The summed E-state index contributed by atoms with van der Waals surface area (Å²) in [5.41, 5.74) is 6.87. The molecule has 2 rings (SSSR count). The monoisotopic (exact) mass is 331 g/mol. The van der Waals surface area contributed by atoms with Crippen LogP contribution in [0.1, 0.15) is 25.6 Å². The van der Waals surface area contributed by atoms with Crippen LogP contribution in [-0.4, -0.2) is 18.6 Å². The zero-order valence-electron chi connectivity index (χ0n) is 14.0. The lowest BCUT2D eigenvalue weighted by atomic mass is 10.1. The molecule has 3 N–H and O–H groups in total. The van der Waals surface area contributed by atoms with E-state index < -0.39 is 0 Å². The first-order valence-corrected chi connectivity index (χ1v) is 8.77. The van der Waals surface area contributed by atoms with E-state index in [1.54, 1.807) is 11.3 Å². The summed E-state index contributed by atoms with van der Waals surface area (Å²) in [5.74, 6) is 1.77. The molecular weight excluding hydrogens is 306 g/mol. The second-order valence-electron chi connectivity index (χ2n) is 5.93. The molecule has 0 amide bonds. The number of nitrogens with two attached hydrogens (primary N) is 1. The van der Waals surface area contributed by atoms with Crippen molar-refractivity contribution in [1.82, 2.24) is 0 Å². The van der Waals surface area contributed by atoms with E-state index in [0.29, 0.717) is 18.4 Å². The van der Waals surface area contributed by atoms with Crippen molar-refractivity contribution in [2.45, 2.75) is 33.3 Å². The van der Waals surface area contributed by atoms with Gasteiger partial charge in [0.25, 0.3) is 0 Å². The van der Waals surface area contributed by atoms with Crippen LogP contribution in [0.5, 0.6) is 5.75 Å². The Morgan fingerprint density at radius 1 is 1.22 bits per heavy atom. The lowest BCUT2D eigenvalue weighted by Gasteiger charge is -2.11. The van der Waals surface area contributed by atoms with Crippen molar-refractivity contribution in [3.05, 3.63) is 46.7 Å². The molecule has 5 heteroatoms. The number of thiophene rings is 1. The summed E-state index contributed by atoms with van der Waals surface area (Å²) >= 11 is 1.79. The number of aliphatic imine (C=N–C) groups is 1. The quantitative estimate of drug-likeness (QED) is 0.592. The Labute approximate surface area is 142 Å². The summed E-state index contributed by atoms with van der Waals surface area (Å²) in [6, 6.07) is 12.0. The maximum atomic E-state index is 5.96. The van der Waals surface area contributed by atoms with Crippen molar-refractivity contribution < 1.29 is 4.74 Å². The molecule has 2 aromatic rings. The minimum atomic E-state index is 0.172. The first-order valence-electron chi connectivity index (χ1n) is 7.89. The number of hydrogen-bond donors (Lipinski definition) is 2. The van der Waals surface area contributed by atoms with E-state index in [2.05, 4.69) is 34.7 Å². The highest BCUT2D eigenvalue weighted by Crippen LogP contribution is 2.17. The van der Waals surface area contributed by atoms with Crippen LogP contribution in [0.3, 0.4) is 0 Å². The molecule has 0 bridgehead atoms. The maximum Gasteiger partial charge on any atom is 0.193 e. The SMILES string of the molecule is CC(CN=C(N)Nc1ccc(OC(C)C)cc1)Cc1cccs1. The molecule has 1 aromatic heterocycles. The normalized spacial score (nSPS) is 13.1. The predicted molar refractivity (Wildman–Crippen MR) is 99.5 cm³/mol. The molecule has 0 saturated heterocycles. The van der Waals surface area contributed by atoms with E-state index >= 15 is 0 Å². The fourth-order valence-corrected chi connectivity index (χ4v) is 3.04. The van der Waals surface area contributed by atoms with Crippen molar-refractivity contribution in [1.29, 1.82) is 0 Å². The molecule has 0 aliphatic carbocycles. The minimum absolute atomic E-state index is 0.172. The highest BCUT2D eigenvalue weighted by atomic mass is 32.1. The molecule has 1 aromatic carbocycles. The minimum Gasteiger partial charge on any atom is -0.491 e. The Bertz CT molecular complexity index is 606. The van der Waals surface area contributed by atoms with Crippen LogP contribution < -0.4 is 15.8 Å². The summed E-state index contributed by atoms with van der Waals surface area (Å²) in [5, 5.41) is 5.22. The van der Waals surface area contributed by atoms with Gasteiger partial charge in [0, 0.05) is 17.1 Å². The Kier molecular flexibility index (Phi) is 6.47. The average Bonchev–Trinajstić information content (AvgIpc) is 2.99. The van der Waals surface area contributed by atoms with Gasteiger partial charge in [-0.1, -0.05) is 13.0 Å².